The van der Waals surface area contributed by atoms with Crippen molar-refractivity contribution < 1.29 is 13.2 Å². The van der Waals surface area contributed by atoms with Gasteiger partial charge < -0.3 is 5.43 Å². The standard InChI is InChI=1S/C9H7F3IN5/c10-9(11,12)5-1-7(17-14)16-8(2-5)18-4-6(13)3-15-18/h1-4H,14H2,(H,16,17). The molecule has 0 aliphatic rings. The van der Waals surface area contributed by atoms with Gasteiger partial charge in [-0.25, -0.2) is 15.5 Å². The fourth-order valence-corrected chi connectivity index (χ4v) is 1.69. The number of hydrogen-bond donors (Lipinski definition) is 2. The summed E-state index contributed by atoms with van der Waals surface area (Å²) >= 11 is 2.00. The van der Waals surface area contributed by atoms with E-state index in [-0.39, 0.29) is 11.6 Å². The van der Waals surface area contributed by atoms with Gasteiger partial charge in [0.25, 0.3) is 0 Å². The zero-order valence-electron chi connectivity index (χ0n) is 8.74. The Morgan fingerprint density at radius 1 is 1.33 bits per heavy atom. The first kappa shape index (κ1) is 13.1. The van der Waals surface area contributed by atoms with Crippen LogP contribution in [0.4, 0.5) is 19.0 Å². The molecule has 3 N–H and O–H groups in total. The summed E-state index contributed by atoms with van der Waals surface area (Å²) in [5, 5.41) is 3.90. The van der Waals surface area contributed by atoms with Gasteiger partial charge >= 0.3 is 6.18 Å². The minimum Gasteiger partial charge on any atom is -0.308 e. The van der Waals surface area contributed by atoms with E-state index in [1.54, 1.807) is 6.20 Å². The summed E-state index contributed by atoms with van der Waals surface area (Å²) in [4.78, 5) is 3.91. The molecule has 0 aliphatic heterocycles. The van der Waals surface area contributed by atoms with E-state index in [1.807, 2.05) is 22.6 Å². The zero-order valence-corrected chi connectivity index (χ0v) is 10.9. The van der Waals surface area contributed by atoms with E-state index in [1.165, 1.54) is 10.9 Å². The first-order valence-electron chi connectivity index (χ1n) is 4.66. The highest BCUT2D eigenvalue weighted by Gasteiger charge is 2.31. The average Bonchev–Trinajstić information content (AvgIpc) is 2.74. The fraction of sp³-hybridized carbons (Fsp3) is 0.111. The molecule has 18 heavy (non-hydrogen) atoms. The third-order valence-corrected chi connectivity index (χ3v) is 2.63. The van der Waals surface area contributed by atoms with Crippen molar-refractivity contribution in [2.45, 2.75) is 6.18 Å². The Hall–Kier alpha value is -1.36. The normalized spacial score (nSPS) is 11.6. The van der Waals surface area contributed by atoms with Gasteiger partial charge in [0.2, 0.25) is 0 Å². The van der Waals surface area contributed by atoms with Crippen LogP contribution in [0.1, 0.15) is 5.56 Å². The largest absolute Gasteiger partial charge is 0.416 e. The van der Waals surface area contributed by atoms with E-state index in [9.17, 15) is 13.2 Å². The van der Waals surface area contributed by atoms with E-state index in [0.29, 0.717) is 0 Å². The Morgan fingerprint density at radius 3 is 2.56 bits per heavy atom. The lowest BCUT2D eigenvalue weighted by Crippen LogP contribution is -2.14. The van der Waals surface area contributed by atoms with Crippen molar-refractivity contribution in [3.63, 3.8) is 0 Å². The Morgan fingerprint density at radius 2 is 2.06 bits per heavy atom. The number of hydrogen-bond acceptors (Lipinski definition) is 4. The van der Waals surface area contributed by atoms with Gasteiger partial charge in [0.15, 0.2) is 5.82 Å². The molecular weight excluding hydrogens is 362 g/mol. The number of pyridine rings is 1. The third-order valence-electron chi connectivity index (χ3n) is 2.07. The van der Waals surface area contributed by atoms with Crippen LogP contribution in [0.5, 0.6) is 0 Å². The van der Waals surface area contributed by atoms with E-state index in [0.717, 1.165) is 15.7 Å². The number of halogens is 4. The minimum atomic E-state index is -4.47. The van der Waals surface area contributed by atoms with Crippen molar-refractivity contribution in [3.8, 4) is 5.82 Å². The zero-order chi connectivity index (χ0) is 13.3. The predicted octanol–water partition coefficient (Wildman–Crippen LogP) is 2.18. The van der Waals surface area contributed by atoms with Crippen LogP contribution < -0.4 is 11.3 Å². The summed E-state index contributed by atoms with van der Waals surface area (Å²) < 4.78 is 40.1. The second-order valence-corrected chi connectivity index (χ2v) is 4.59. The van der Waals surface area contributed by atoms with Gasteiger partial charge in [-0.05, 0) is 34.7 Å². The van der Waals surface area contributed by atoms with Crippen molar-refractivity contribution in [2.75, 3.05) is 5.43 Å². The maximum absolute atomic E-state index is 12.7. The summed E-state index contributed by atoms with van der Waals surface area (Å²) in [6, 6.07) is 1.74. The SMILES string of the molecule is NNc1cc(C(F)(F)F)cc(-n2cc(I)cn2)n1. The highest BCUT2D eigenvalue weighted by Crippen LogP contribution is 2.31. The highest BCUT2D eigenvalue weighted by atomic mass is 127. The molecule has 0 saturated carbocycles. The molecule has 5 nitrogen and oxygen atoms in total. The molecule has 9 heteroatoms. The van der Waals surface area contributed by atoms with Crippen molar-refractivity contribution in [1.82, 2.24) is 14.8 Å². The number of alkyl halides is 3. The second kappa shape index (κ2) is 4.72. The lowest BCUT2D eigenvalue weighted by Gasteiger charge is -2.10. The fourth-order valence-electron chi connectivity index (χ4n) is 1.30. The smallest absolute Gasteiger partial charge is 0.308 e. The molecule has 0 fully saturated rings. The molecule has 0 aliphatic carbocycles. The number of nitrogen functional groups attached to an aromatic ring is 1. The van der Waals surface area contributed by atoms with Crippen LogP contribution >= 0.6 is 22.6 Å². The first-order chi connectivity index (χ1) is 8.40. The number of rotatable bonds is 2. The molecule has 0 amide bonds. The van der Waals surface area contributed by atoms with Crippen LogP contribution in [0.3, 0.4) is 0 Å². The molecule has 0 atom stereocenters. The average molecular weight is 369 g/mol. The molecule has 2 heterocycles. The summed E-state index contributed by atoms with van der Waals surface area (Å²) in [7, 11) is 0. The Kier molecular flexibility index (Phi) is 3.43. The lowest BCUT2D eigenvalue weighted by atomic mass is 10.2. The van der Waals surface area contributed by atoms with Crippen LogP contribution in [0.2, 0.25) is 0 Å². The number of hydrazine groups is 1. The van der Waals surface area contributed by atoms with Gasteiger partial charge in [0.05, 0.1) is 15.3 Å². The van der Waals surface area contributed by atoms with E-state index < -0.39 is 11.7 Å². The van der Waals surface area contributed by atoms with Gasteiger partial charge in [0, 0.05) is 6.20 Å². The van der Waals surface area contributed by atoms with Gasteiger partial charge in [-0.2, -0.15) is 18.3 Å². The second-order valence-electron chi connectivity index (χ2n) is 3.34. The van der Waals surface area contributed by atoms with Crippen LogP contribution in [0.15, 0.2) is 24.5 Å². The van der Waals surface area contributed by atoms with Crippen molar-refractivity contribution >= 4 is 28.4 Å². The van der Waals surface area contributed by atoms with Crippen molar-refractivity contribution in [1.29, 1.82) is 0 Å². The molecule has 0 bridgehead atoms. The number of aromatic nitrogens is 3. The molecule has 2 aromatic heterocycles. The quantitative estimate of drug-likeness (QED) is 0.484. The first-order valence-corrected chi connectivity index (χ1v) is 5.74. The molecule has 0 unspecified atom stereocenters. The van der Waals surface area contributed by atoms with Gasteiger partial charge in [-0.3, -0.25) is 0 Å². The molecule has 0 spiro atoms. The highest BCUT2D eigenvalue weighted by molar-refractivity contribution is 14.1. The molecule has 0 aromatic carbocycles. The van der Waals surface area contributed by atoms with Crippen LogP contribution in [-0.4, -0.2) is 14.8 Å². The lowest BCUT2D eigenvalue weighted by molar-refractivity contribution is -0.137. The van der Waals surface area contributed by atoms with Crippen LogP contribution in [0, 0.1) is 3.57 Å². The monoisotopic (exact) mass is 369 g/mol. The Balaban J connectivity index is 2.54. The maximum atomic E-state index is 12.7. The van der Waals surface area contributed by atoms with Gasteiger partial charge in [0.1, 0.15) is 5.82 Å². The summed E-state index contributed by atoms with van der Waals surface area (Å²) in [5.41, 5.74) is 1.26. The molecule has 0 saturated heterocycles. The Labute approximate surface area is 113 Å². The minimum absolute atomic E-state index is 0.0423. The van der Waals surface area contributed by atoms with Crippen LogP contribution in [0.25, 0.3) is 5.82 Å². The summed E-state index contributed by atoms with van der Waals surface area (Å²) in [6.07, 6.45) is -1.40. The summed E-state index contributed by atoms with van der Waals surface area (Å²) in [6.45, 7) is 0. The number of nitrogens with zero attached hydrogens (tertiary/aromatic N) is 3. The van der Waals surface area contributed by atoms with Gasteiger partial charge in [-0.1, -0.05) is 0 Å². The molecular formula is C9H7F3IN5. The topological polar surface area (TPSA) is 68.8 Å². The molecule has 2 rings (SSSR count). The molecule has 0 radical (unpaired) electrons. The number of nitrogens with two attached hydrogens (primary N) is 1. The summed E-state index contributed by atoms with van der Waals surface area (Å²) in [5.74, 6) is 5.07. The maximum Gasteiger partial charge on any atom is 0.416 e. The van der Waals surface area contributed by atoms with Gasteiger partial charge in [-0.15, -0.1) is 0 Å². The van der Waals surface area contributed by atoms with E-state index in [4.69, 9.17) is 5.84 Å². The molecule has 2 aromatic rings. The van der Waals surface area contributed by atoms with Crippen molar-refractivity contribution in [3.05, 3.63) is 33.7 Å². The third kappa shape index (κ3) is 2.72. The van der Waals surface area contributed by atoms with Crippen LogP contribution in [-0.2, 0) is 6.18 Å². The Bertz CT molecular complexity index is 566. The predicted molar refractivity (Wildman–Crippen MR) is 66.9 cm³/mol. The number of nitrogens with one attached hydrogen (secondary N) is 1. The molecule has 96 valence electrons. The number of anilines is 1. The van der Waals surface area contributed by atoms with E-state index in [2.05, 4.69) is 15.5 Å². The van der Waals surface area contributed by atoms with E-state index >= 15 is 0 Å². The van der Waals surface area contributed by atoms with Crippen molar-refractivity contribution in [2.24, 2.45) is 5.84 Å².